The number of imide groups is 1. The fourth-order valence-electron chi connectivity index (χ4n) is 2.69. The molecule has 4 heteroatoms. The van der Waals surface area contributed by atoms with E-state index in [-0.39, 0.29) is 23.9 Å². The molecule has 2 aliphatic carbocycles. The number of carbonyl (C=O) groups excluding carboxylic acids is 2. The lowest BCUT2D eigenvalue weighted by molar-refractivity contribution is -0.139. The number of likely N-dealkylation sites (tertiary alicyclic amines) is 1. The van der Waals surface area contributed by atoms with Gasteiger partial charge < -0.3 is 5.32 Å². The van der Waals surface area contributed by atoms with Crippen LogP contribution >= 0.6 is 0 Å². The van der Waals surface area contributed by atoms with Gasteiger partial charge in [0.1, 0.15) is 0 Å². The maximum atomic E-state index is 12.0. The summed E-state index contributed by atoms with van der Waals surface area (Å²) in [6.07, 6.45) is 5.03. The Morgan fingerprint density at radius 3 is 2.59 bits per heavy atom. The first kappa shape index (κ1) is 11.2. The summed E-state index contributed by atoms with van der Waals surface area (Å²) >= 11 is 0. The highest BCUT2D eigenvalue weighted by Crippen LogP contribution is 2.36. The first-order valence-corrected chi connectivity index (χ1v) is 6.76. The van der Waals surface area contributed by atoms with Gasteiger partial charge in [-0.1, -0.05) is 6.92 Å². The zero-order chi connectivity index (χ0) is 12.0. The number of amides is 2. The van der Waals surface area contributed by atoms with Gasteiger partial charge >= 0.3 is 0 Å². The highest BCUT2D eigenvalue weighted by Gasteiger charge is 2.46. The van der Waals surface area contributed by atoms with Crippen molar-refractivity contribution in [3.8, 4) is 0 Å². The molecule has 4 nitrogen and oxygen atoms in total. The van der Waals surface area contributed by atoms with Gasteiger partial charge in [0.05, 0.1) is 12.5 Å². The molecule has 3 rings (SSSR count). The number of nitrogens with one attached hydrogen (secondary N) is 1. The minimum absolute atomic E-state index is 0.0143. The topological polar surface area (TPSA) is 49.4 Å². The zero-order valence-corrected chi connectivity index (χ0v) is 10.3. The number of nitrogens with zero attached hydrogens (tertiary/aromatic N) is 1. The molecule has 17 heavy (non-hydrogen) atoms. The third-order valence-electron chi connectivity index (χ3n) is 4.21. The predicted molar refractivity (Wildman–Crippen MR) is 63.2 cm³/mol. The fraction of sp³-hybridized carbons (Fsp3) is 0.846. The number of carbonyl (C=O) groups is 2. The molecule has 0 aromatic heterocycles. The second-order valence-electron chi connectivity index (χ2n) is 5.81. The predicted octanol–water partition coefficient (Wildman–Crippen LogP) is 0.912. The van der Waals surface area contributed by atoms with E-state index in [2.05, 4.69) is 12.2 Å². The van der Waals surface area contributed by atoms with E-state index in [1.807, 2.05) is 0 Å². The van der Waals surface area contributed by atoms with Crippen LogP contribution < -0.4 is 5.32 Å². The van der Waals surface area contributed by atoms with Crippen LogP contribution in [0.1, 0.15) is 39.0 Å². The Morgan fingerprint density at radius 1 is 1.29 bits per heavy atom. The summed E-state index contributed by atoms with van der Waals surface area (Å²) in [5, 5.41) is 3.28. The Labute approximate surface area is 102 Å². The van der Waals surface area contributed by atoms with Gasteiger partial charge in [0.2, 0.25) is 11.8 Å². The van der Waals surface area contributed by atoms with Crippen molar-refractivity contribution in [3.63, 3.8) is 0 Å². The van der Waals surface area contributed by atoms with Crippen LogP contribution in [-0.4, -0.2) is 35.3 Å². The molecule has 1 saturated heterocycles. The van der Waals surface area contributed by atoms with Crippen molar-refractivity contribution in [2.45, 2.75) is 51.1 Å². The van der Waals surface area contributed by atoms with Crippen molar-refractivity contribution in [1.82, 2.24) is 10.2 Å². The molecule has 0 aromatic rings. The molecule has 0 radical (unpaired) electrons. The van der Waals surface area contributed by atoms with Crippen molar-refractivity contribution < 1.29 is 9.59 Å². The van der Waals surface area contributed by atoms with Gasteiger partial charge in [-0.05, 0) is 44.1 Å². The van der Waals surface area contributed by atoms with Gasteiger partial charge in [-0.15, -0.1) is 0 Å². The second-order valence-corrected chi connectivity index (χ2v) is 5.81. The van der Waals surface area contributed by atoms with Crippen LogP contribution in [0.5, 0.6) is 0 Å². The van der Waals surface area contributed by atoms with Gasteiger partial charge in [0.15, 0.2) is 0 Å². The van der Waals surface area contributed by atoms with Gasteiger partial charge in [0.25, 0.3) is 0 Å². The molecule has 1 aliphatic heterocycles. The third kappa shape index (κ3) is 2.23. The first-order chi connectivity index (χ1) is 8.16. The largest absolute Gasteiger partial charge is 0.305 e. The van der Waals surface area contributed by atoms with Gasteiger partial charge in [0, 0.05) is 6.04 Å². The molecule has 2 unspecified atom stereocenters. The van der Waals surface area contributed by atoms with Crippen molar-refractivity contribution in [2.75, 3.05) is 6.54 Å². The summed E-state index contributed by atoms with van der Waals surface area (Å²) in [4.78, 5) is 25.3. The normalized spacial score (nSPS) is 31.1. The van der Waals surface area contributed by atoms with Crippen molar-refractivity contribution in [2.24, 2.45) is 11.8 Å². The van der Waals surface area contributed by atoms with Crippen LogP contribution in [0.2, 0.25) is 0 Å². The van der Waals surface area contributed by atoms with Crippen LogP contribution in [-0.2, 0) is 9.59 Å². The fourth-order valence-corrected chi connectivity index (χ4v) is 2.69. The molecule has 3 fully saturated rings. The highest BCUT2D eigenvalue weighted by atomic mass is 16.2. The molecule has 2 amide bonds. The molecule has 2 atom stereocenters. The summed E-state index contributed by atoms with van der Waals surface area (Å²) < 4.78 is 0. The molecule has 1 heterocycles. The Balaban J connectivity index is 1.53. The SMILES string of the molecule is CC(CNC1CC(=O)N(C2CC2)C1=O)C1CC1. The Bertz CT molecular complexity index is 347. The van der Waals surface area contributed by atoms with E-state index >= 15 is 0 Å². The molecule has 0 spiro atoms. The van der Waals surface area contributed by atoms with Crippen LogP contribution in [0.3, 0.4) is 0 Å². The Morgan fingerprint density at radius 2 is 2.00 bits per heavy atom. The number of hydrogen-bond acceptors (Lipinski definition) is 3. The third-order valence-corrected chi connectivity index (χ3v) is 4.21. The van der Waals surface area contributed by atoms with Crippen LogP contribution in [0, 0.1) is 11.8 Å². The van der Waals surface area contributed by atoms with E-state index in [0.29, 0.717) is 12.3 Å². The lowest BCUT2D eigenvalue weighted by atomic mass is 10.1. The van der Waals surface area contributed by atoms with Crippen LogP contribution in [0.15, 0.2) is 0 Å². The average molecular weight is 236 g/mol. The smallest absolute Gasteiger partial charge is 0.247 e. The standard InChI is InChI=1S/C13H20N2O2/c1-8(9-2-3-9)7-14-11-6-12(16)15(13(11)17)10-4-5-10/h8-11,14H,2-7H2,1H3. The monoisotopic (exact) mass is 236 g/mol. The first-order valence-electron chi connectivity index (χ1n) is 6.76. The maximum Gasteiger partial charge on any atom is 0.247 e. The molecule has 0 aromatic carbocycles. The highest BCUT2D eigenvalue weighted by molar-refractivity contribution is 6.06. The summed E-state index contributed by atoms with van der Waals surface area (Å²) in [5.74, 6) is 1.51. The lowest BCUT2D eigenvalue weighted by Crippen LogP contribution is -2.41. The molecule has 0 bridgehead atoms. The van der Waals surface area contributed by atoms with E-state index in [1.54, 1.807) is 0 Å². The van der Waals surface area contributed by atoms with E-state index in [9.17, 15) is 9.59 Å². The van der Waals surface area contributed by atoms with Gasteiger partial charge in [-0.2, -0.15) is 0 Å². The summed E-state index contributed by atoms with van der Waals surface area (Å²) in [6.45, 7) is 3.09. The van der Waals surface area contributed by atoms with Gasteiger partial charge in [-0.3, -0.25) is 14.5 Å². The summed E-state index contributed by atoms with van der Waals surface area (Å²) in [6, 6.07) is -0.0213. The van der Waals surface area contributed by atoms with Crippen LogP contribution in [0.25, 0.3) is 0 Å². The number of hydrogen-bond donors (Lipinski definition) is 1. The molecule has 3 aliphatic rings. The van der Waals surface area contributed by atoms with Crippen molar-refractivity contribution >= 4 is 11.8 Å². The van der Waals surface area contributed by atoms with E-state index in [0.717, 1.165) is 25.3 Å². The minimum atomic E-state index is -0.246. The van der Waals surface area contributed by atoms with E-state index in [1.165, 1.54) is 17.7 Å². The zero-order valence-electron chi connectivity index (χ0n) is 10.3. The van der Waals surface area contributed by atoms with E-state index in [4.69, 9.17) is 0 Å². The molecular weight excluding hydrogens is 216 g/mol. The Kier molecular flexibility index (Phi) is 2.69. The number of rotatable bonds is 5. The minimum Gasteiger partial charge on any atom is -0.305 e. The summed E-state index contributed by atoms with van der Waals surface area (Å²) in [7, 11) is 0. The van der Waals surface area contributed by atoms with Crippen molar-refractivity contribution in [1.29, 1.82) is 0 Å². The Hall–Kier alpha value is -0.900. The second kappa shape index (κ2) is 4.09. The summed E-state index contributed by atoms with van der Waals surface area (Å²) in [5.41, 5.74) is 0. The molecule has 94 valence electrons. The van der Waals surface area contributed by atoms with Crippen molar-refractivity contribution in [3.05, 3.63) is 0 Å². The maximum absolute atomic E-state index is 12.0. The lowest BCUT2D eigenvalue weighted by Gasteiger charge is -2.16. The van der Waals surface area contributed by atoms with E-state index < -0.39 is 0 Å². The average Bonchev–Trinajstić information content (AvgIpc) is 3.14. The molecule has 1 N–H and O–H groups in total. The van der Waals surface area contributed by atoms with Gasteiger partial charge in [-0.25, -0.2) is 0 Å². The molecular formula is C13H20N2O2. The molecule has 2 saturated carbocycles. The van der Waals surface area contributed by atoms with Crippen LogP contribution in [0.4, 0.5) is 0 Å². The quantitative estimate of drug-likeness (QED) is 0.722.